The highest BCUT2D eigenvalue weighted by Gasteiger charge is 2.02. The van der Waals surface area contributed by atoms with Crippen LogP contribution >= 0.6 is 11.6 Å². The third-order valence-corrected chi connectivity index (χ3v) is 2.72. The first kappa shape index (κ1) is 12.4. The van der Waals surface area contributed by atoms with Crippen LogP contribution in [0.15, 0.2) is 18.2 Å². The minimum absolute atomic E-state index is 0.723. The molecule has 17 heavy (non-hydrogen) atoms. The van der Waals surface area contributed by atoms with Crippen LogP contribution in [0.1, 0.15) is 12.2 Å². The van der Waals surface area contributed by atoms with Crippen LogP contribution in [0.5, 0.6) is 0 Å². The number of aromatic nitrogens is 2. The van der Waals surface area contributed by atoms with Gasteiger partial charge in [-0.3, -0.25) is 0 Å². The van der Waals surface area contributed by atoms with Gasteiger partial charge in [-0.2, -0.15) is 0 Å². The Morgan fingerprint density at radius 2 is 2.35 bits per heavy atom. The summed E-state index contributed by atoms with van der Waals surface area (Å²) in [6, 6.07) is 5.65. The maximum atomic E-state index is 5.91. The summed E-state index contributed by atoms with van der Waals surface area (Å²) in [5.41, 5.74) is 1.93. The molecular weight excluding hydrogens is 238 g/mol. The van der Waals surface area contributed by atoms with Gasteiger partial charge in [0.15, 0.2) is 0 Å². The van der Waals surface area contributed by atoms with Crippen molar-refractivity contribution in [2.45, 2.75) is 13.0 Å². The van der Waals surface area contributed by atoms with E-state index >= 15 is 0 Å². The number of imidazole rings is 1. The van der Waals surface area contributed by atoms with E-state index in [1.165, 1.54) is 0 Å². The predicted octanol–water partition coefficient (Wildman–Crippen LogP) is 2.34. The Kier molecular flexibility index (Phi) is 4.36. The van der Waals surface area contributed by atoms with Gasteiger partial charge in [0, 0.05) is 18.7 Å². The lowest BCUT2D eigenvalue weighted by Crippen LogP contribution is -2.16. The monoisotopic (exact) mass is 253 g/mol. The molecule has 0 aliphatic carbocycles. The summed E-state index contributed by atoms with van der Waals surface area (Å²) in [6.45, 7) is 2.43. The minimum Gasteiger partial charge on any atom is -0.385 e. The van der Waals surface area contributed by atoms with E-state index in [-0.39, 0.29) is 0 Å². The summed E-state index contributed by atoms with van der Waals surface area (Å²) in [7, 11) is 1.71. The van der Waals surface area contributed by atoms with Gasteiger partial charge < -0.3 is 15.0 Å². The number of ether oxygens (including phenoxy) is 1. The third kappa shape index (κ3) is 3.43. The van der Waals surface area contributed by atoms with Crippen molar-refractivity contribution in [2.24, 2.45) is 0 Å². The van der Waals surface area contributed by atoms with Crippen molar-refractivity contribution in [3.05, 3.63) is 29.0 Å². The zero-order chi connectivity index (χ0) is 12.1. The number of nitrogens with one attached hydrogen (secondary N) is 2. The van der Waals surface area contributed by atoms with Gasteiger partial charge >= 0.3 is 0 Å². The first-order chi connectivity index (χ1) is 8.29. The molecule has 0 saturated carbocycles. The number of hydrogen-bond acceptors (Lipinski definition) is 3. The molecule has 4 nitrogen and oxygen atoms in total. The van der Waals surface area contributed by atoms with Gasteiger partial charge in [-0.15, -0.1) is 0 Å². The van der Waals surface area contributed by atoms with Crippen LogP contribution in [0.25, 0.3) is 11.0 Å². The third-order valence-electron chi connectivity index (χ3n) is 2.49. The van der Waals surface area contributed by atoms with Gasteiger partial charge in [-0.1, -0.05) is 11.6 Å². The second kappa shape index (κ2) is 6.00. The zero-order valence-electron chi connectivity index (χ0n) is 9.79. The van der Waals surface area contributed by atoms with E-state index < -0.39 is 0 Å². The van der Waals surface area contributed by atoms with Crippen molar-refractivity contribution in [3.8, 4) is 0 Å². The normalized spacial score (nSPS) is 11.2. The molecule has 5 heteroatoms. The standard InChI is InChI=1S/C12H16ClN3O/c1-17-6-2-5-14-8-12-15-10-4-3-9(13)7-11(10)16-12/h3-4,7,14H,2,5-6,8H2,1H3,(H,15,16). The van der Waals surface area contributed by atoms with Crippen molar-refractivity contribution in [3.63, 3.8) is 0 Å². The molecule has 92 valence electrons. The highest BCUT2D eigenvalue weighted by Crippen LogP contribution is 2.16. The van der Waals surface area contributed by atoms with Crippen LogP contribution in [0.2, 0.25) is 5.02 Å². The zero-order valence-corrected chi connectivity index (χ0v) is 10.5. The molecule has 0 amide bonds. The smallest absolute Gasteiger partial charge is 0.121 e. The Hall–Kier alpha value is -1.10. The molecule has 0 bridgehead atoms. The van der Waals surface area contributed by atoms with E-state index in [2.05, 4.69) is 15.3 Å². The predicted molar refractivity (Wildman–Crippen MR) is 69.3 cm³/mol. The first-order valence-corrected chi connectivity index (χ1v) is 6.01. The highest BCUT2D eigenvalue weighted by molar-refractivity contribution is 6.31. The molecule has 0 aliphatic rings. The van der Waals surface area contributed by atoms with Crippen molar-refractivity contribution >= 4 is 22.6 Å². The topological polar surface area (TPSA) is 49.9 Å². The van der Waals surface area contributed by atoms with Gasteiger partial charge in [-0.25, -0.2) is 4.98 Å². The van der Waals surface area contributed by atoms with E-state index in [1.54, 1.807) is 7.11 Å². The van der Waals surface area contributed by atoms with E-state index in [0.717, 1.165) is 48.0 Å². The summed E-state index contributed by atoms with van der Waals surface area (Å²) in [6.07, 6.45) is 1.00. The van der Waals surface area contributed by atoms with Crippen LogP contribution in [-0.4, -0.2) is 30.2 Å². The number of fused-ring (bicyclic) bond motifs is 1. The summed E-state index contributed by atoms with van der Waals surface area (Å²) >= 11 is 5.91. The Labute approximate surface area is 105 Å². The lowest BCUT2D eigenvalue weighted by atomic mass is 10.3. The van der Waals surface area contributed by atoms with Gasteiger partial charge in [0.05, 0.1) is 17.6 Å². The van der Waals surface area contributed by atoms with Crippen molar-refractivity contribution in [1.82, 2.24) is 15.3 Å². The minimum atomic E-state index is 0.723. The molecule has 0 fully saturated rings. The van der Waals surface area contributed by atoms with Crippen molar-refractivity contribution in [2.75, 3.05) is 20.3 Å². The Morgan fingerprint density at radius 1 is 1.47 bits per heavy atom. The van der Waals surface area contributed by atoms with Gasteiger partial charge in [0.25, 0.3) is 0 Å². The fourth-order valence-electron chi connectivity index (χ4n) is 1.67. The summed E-state index contributed by atoms with van der Waals surface area (Å²) in [5.74, 6) is 0.930. The van der Waals surface area contributed by atoms with Gasteiger partial charge in [0.1, 0.15) is 5.82 Å². The van der Waals surface area contributed by atoms with E-state index in [9.17, 15) is 0 Å². The molecule has 0 saturated heterocycles. The van der Waals surface area contributed by atoms with Gasteiger partial charge in [0.2, 0.25) is 0 Å². The molecule has 0 aliphatic heterocycles. The maximum absolute atomic E-state index is 5.91. The molecule has 1 aromatic heterocycles. The molecular formula is C12H16ClN3O. The number of aromatic amines is 1. The molecule has 1 heterocycles. The second-order valence-electron chi connectivity index (χ2n) is 3.87. The van der Waals surface area contributed by atoms with Crippen LogP contribution in [0, 0.1) is 0 Å². The van der Waals surface area contributed by atoms with E-state index in [0.29, 0.717) is 0 Å². The second-order valence-corrected chi connectivity index (χ2v) is 4.30. The summed E-state index contributed by atoms with van der Waals surface area (Å²) in [4.78, 5) is 7.70. The lowest BCUT2D eigenvalue weighted by molar-refractivity contribution is 0.194. The lowest BCUT2D eigenvalue weighted by Gasteiger charge is -2.01. The Bertz CT molecular complexity index is 484. The molecule has 2 N–H and O–H groups in total. The average Bonchev–Trinajstić information content (AvgIpc) is 2.70. The quantitative estimate of drug-likeness (QED) is 0.777. The molecule has 0 radical (unpaired) electrons. The van der Waals surface area contributed by atoms with Crippen molar-refractivity contribution < 1.29 is 4.74 Å². The van der Waals surface area contributed by atoms with Gasteiger partial charge in [-0.05, 0) is 31.2 Å². The van der Waals surface area contributed by atoms with E-state index in [4.69, 9.17) is 16.3 Å². The Morgan fingerprint density at radius 3 is 3.18 bits per heavy atom. The number of H-pyrrole nitrogens is 1. The van der Waals surface area contributed by atoms with Crippen molar-refractivity contribution in [1.29, 1.82) is 0 Å². The van der Waals surface area contributed by atoms with Crippen LogP contribution in [0.3, 0.4) is 0 Å². The molecule has 2 aromatic rings. The maximum Gasteiger partial charge on any atom is 0.121 e. The molecule has 0 atom stereocenters. The Balaban J connectivity index is 1.91. The van der Waals surface area contributed by atoms with Crippen LogP contribution in [-0.2, 0) is 11.3 Å². The number of methoxy groups -OCH3 is 1. The number of halogens is 1. The number of nitrogens with zero attached hydrogens (tertiary/aromatic N) is 1. The SMILES string of the molecule is COCCCNCc1nc2ccc(Cl)cc2[nH]1. The van der Waals surface area contributed by atoms with Crippen LogP contribution in [0.4, 0.5) is 0 Å². The molecule has 0 unspecified atom stereocenters. The summed E-state index contributed by atoms with van der Waals surface area (Å²) in [5, 5.41) is 4.03. The molecule has 2 rings (SSSR count). The fraction of sp³-hybridized carbons (Fsp3) is 0.417. The number of rotatable bonds is 6. The molecule has 0 spiro atoms. The average molecular weight is 254 g/mol. The summed E-state index contributed by atoms with van der Waals surface area (Å²) < 4.78 is 4.98. The first-order valence-electron chi connectivity index (χ1n) is 5.63. The largest absolute Gasteiger partial charge is 0.385 e. The molecule has 1 aromatic carbocycles. The number of benzene rings is 1. The fourth-order valence-corrected chi connectivity index (χ4v) is 1.84. The van der Waals surface area contributed by atoms with Crippen LogP contribution < -0.4 is 5.32 Å². The van der Waals surface area contributed by atoms with E-state index in [1.807, 2.05) is 18.2 Å². The highest BCUT2D eigenvalue weighted by atomic mass is 35.5. The number of hydrogen-bond donors (Lipinski definition) is 2.